The number of nitrogens with zero attached hydrogens (tertiary/aromatic N) is 1. The zero-order valence-electron chi connectivity index (χ0n) is 8.98. The second-order valence-electron chi connectivity index (χ2n) is 3.50. The van der Waals surface area contributed by atoms with Crippen molar-refractivity contribution in [3.8, 4) is 0 Å². The molecule has 0 spiro atoms. The molecule has 1 aromatic heterocycles. The number of nitrogens with one attached hydrogen (secondary N) is 1. The summed E-state index contributed by atoms with van der Waals surface area (Å²) < 4.78 is 0. The number of nitrogens with two attached hydrogens (primary N) is 1. The molecule has 0 fully saturated rings. The highest BCUT2D eigenvalue weighted by Crippen LogP contribution is 2.24. The van der Waals surface area contributed by atoms with Crippen molar-refractivity contribution in [2.45, 2.75) is 32.7 Å². The Morgan fingerprint density at radius 1 is 1.53 bits per heavy atom. The zero-order valence-corrected chi connectivity index (χ0v) is 10.6. The van der Waals surface area contributed by atoms with Gasteiger partial charge in [0.15, 0.2) is 5.13 Å². The van der Waals surface area contributed by atoms with Crippen LogP contribution in [0.3, 0.4) is 0 Å². The number of amides is 1. The normalized spacial score (nSPS) is 12.1. The molecule has 4 nitrogen and oxygen atoms in total. The van der Waals surface area contributed by atoms with E-state index in [0.29, 0.717) is 11.0 Å². The first-order chi connectivity index (χ1) is 6.50. The molecule has 0 saturated carbocycles. The third-order valence-corrected chi connectivity index (χ3v) is 2.95. The summed E-state index contributed by atoms with van der Waals surface area (Å²) in [4.78, 5) is 16.5. The zero-order chi connectivity index (χ0) is 10.7. The monoisotopic (exact) mass is 249 g/mol. The Morgan fingerprint density at radius 3 is 2.53 bits per heavy atom. The smallest absolute Gasteiger partial charge is 0.242 e. The molecule has 1 rings (SSSR count). The van der Waals surface area contributed by atoms with Crippen LogP contribution >= 0.6 is 23.7 Å². The van der Waals surface area contributed by atoms with Crippen molar-refractivity contribution in [2.24, 2.45) is 5.73 Å². The van der Waals surface area contributed by atoms with Gasteiger partial charge in [-0.05, 0) is 12.8 Å². The Bertz CT molecular complexity index is 325. The molecule has 0 bridgehead atoms. The molecule has 0 unspecified atom stereocenters. The Balaban J connectivity index is 0.00000196. The molecule has 0 radical (unpaired) electrons. The number of thiazole rings is 1. The maximum Gasteiger partial charge on any atom is 0.242 e. The van der Waals surface area contributed by atoms with Crippen LogP contribution in [0.4, 0.5) is 5.13 Å². The molecule has 1 amide bonds. The van der Waals surface area contributed by atoms with Crippen molar-refractivity contribution in [3.05, 3.63) is 11.1 Å². The van der Waals surface area contributed by atoms with E-state index in [1.165, 1.54) is 11.3 Å². The van der Waals surface area contributed by atoms with Crippen LogP contribution in [-0.2, 0) is 4.79 Å². The SMILES string of the molecule is CC(C)c1cnc(NC(=O)[C@H](C)N)s1.Cl. The predicted octanol–water partition coefficient (Wildman–Crippen LogP) is 1.97. The lowest BCUT2D eigenvalue weighted by Crippen LogP contribution is -2.32. The molecule has 6 heteroatoms. The predicted molar refractivity (Wildman–Crippen MR) is 65.7 cm³/mol. The summed E-state index contributed by atoms with van der Waals surface area (Å²) in [6, 6.07) is -0.499. The van der Waals surface area contributed by atoms with E-state index < -0.39 is 6.04 Å². The Hall–Kier alpha value is -0.650. The van der Waals surface area contributed by atoms with Gasteiger partial charge >= 0.3 is 0 Å². The number of hydrogen-bond acceptors (Lipinski definition) is 4. The molecule has 0 aliphatic heterocycles. The average molecular weight is 250 g/mol. The highest BCUT2D eigenvalue weighted by atomic mass is 35.5. The van der Waals surface area contributed by atoms with Crippen LogP contribution in [0.15, 0.2) is 6.20 Å². The summed E-state index contributed by atoms with van der Waals surface area (Å²) in [5.41, 5.74) is 5.42. The quantitative estimate of drug-likeness (QED) is 0.861. The summed E-state index contributed by atoms with van der Waals surface area (Å²) in [6.45, 7) is 5.82. The Labute approximate surface area is 99.7 Å². The van der Waals surface area contributed by atoms with Crippen molar-refractivity contribution in [3.63, 3.8) is 0 Å². The fraction of sp³-hybridized carbons (Fsp3) is 0.556. The molecule has 3 N–H and O–H groups in total. The van der Waals surface area contributed by atoms with Crippen molar-refractivity contribution in [1.82, 2.24) is 4.98 Å². The summed E-state index contributed by atoms with van der Waals surface area (Å²) in [6.07, 6.45) is 1.78. The van der Waals surface area contributed by atoms with Gasteiger partial charge in [0.1, 0.15) is 0 Å². The molecule has 1 atom stereocenters. The average Bonchev–Trinajstić information content (AvgIpc) is 2.52. The van der Waals surface area contributed by atoms with Gasteiger partial charge in [-0.2, -0.15) is 0 Å². The van der Waals surface area contributed by atoms with Crippen molar-refractivity contribution in [1.29, 1.82) is 0 Å². The minimum Gasteiger partial charge on any atom is -0.320 e. The van der Waals surface area contributed by atoms with Gasteiger partial charge in [0.25, 0.3) is 0 Å². The lowest BCUT2D eigenvalue weighted by Gasteiger charge is -2.03. The molecule has 1 heterocycles. The molecular weight excluding hydrogens is 234 g/mol. The van der Waals surface area contributed by atoms with E-state index in [9.17, 15) is 4.79 Å². The number of aromatic nitrogens is 1. The van der Waals surface area contributed by atoms with Crippen LogP contribution in [0.25, 0.3) is 0 Å². The molecular formula is C9H16ClN3OS. The number of carbonyl (C=O) groups is 1. The molecule has 15 heavy (non-hydrogen) atoms. The van der Waals surface area contributed by atoms with E-state index in [1.54, 1.807) is 13.1 Å². The second-order valence-corrected chi connectivity index (χ2v) is 4.56. The van der Waals surface area contributed by atoms with Crippen LogP contribution in [0.1, 0.15) is 31.6 Å². The third-order valence-electron chi connectivity index (χ3n) is 1.74. The lowest BCUT2D eigenvalue weighted by atomic mass is 10.2. The minimum atomic E-state index is -0.499. The van der Waals surface area contributed by atoms with Crippen LogP contribution < -0.4 is 11.1 Å². The number of anilines is 1. The van der Waals surface area contributed by atoms with Gasteiger partial charge < -0.3 is 11.1 Å². The topological polar surface area (TPSA) is 68.0 Å². The van der Waals surface area contributed by atoms with Gasteiger partial charge in [-0.25, -0.2) is 4.98 Å². The van der Waals surface area contributed by atoms with Crippen molar-refractivity contribution < 1.29 is 4.79 Å². The molecule has 0 aromatic carbocycles. The molecule has 1 aromatic rings. The standard InChI is InChI=1S/C9H15N3OS.ClH/c1-5(2)7-4-11-9(14-7)12-8(13)6(3)10;/h4-6H,10H2,1-3H3,(H,11,12,13);1H/t6-;/m0./s1. The fourth-order valence-corrected chi connectivity index (χ4v) is 1.65. The van der Waals surface area contributed by atoms with Crippen molar-refractivity contribution in [2.75, 3.05) is 5.32 Å². The van der Waals surface area contributed by atoms with E-state index in [0.717, 1.165) is 4.88 Å². The summed E-state index contributed by atoms with van der Waals surface area (Å²) in [5.74, 6) is 0.239. The molecule has 0 aliphatic carbocycles. The van der Waals surface area contributed by atoms with Crippen LogP contribution in [0.5, 0.6) is 0 Å². The number of rotatable bonds is 3. The maximum absolute atomic E-state index is 11.2. The van der Waals surface area contributed by atoms with E-state index in [4.69, 9.17) is 5.73 Å². The van der Waals surface area contributed by atoms with Gasteiger partial charge in [0, 0.05) is 11.1 Å². The largest absolute Gasteiger partial charge is 0.320 e. The third kappa shape index (κ3) is 4.15. The fourth-order valence-electron chi connectivity index (χ4n) is 0.831. The van der Waals surface area contributed by atoms with Crippen LogP contribution in [0, 0.1) is 0 Å². The Morgan fingerprint density at radius 2 is 2.13 bits per heavy atom. The minimum absolute atomic E-state index is 0. The van der Waals surface area contributed by atoms with Gasteiger partial charge in [0.05, 0.1) is 6.04 Å². The van der Waals surface area contributed by atoms with Gasteiger partial charge in [0.2, 0.25) is 5.91 Å². The van der Waals surface area contributed by atoms with E-state index in [1.807, 2.05) is 0 Å². The second kappa shape index (κ2) is 6.05. The summed E-state index contributed by atoms with van der Waals surface area (Å²) >= 11 is 1.49. The first kappa shape index (κ1) is 14.3. The van der Waals surface area contributed by atoms with E-state index >= 15 is 0 Å². The molecule has 0 saturated heterocycles. The molecule has 0 aliphatic rings. The van der Waals surface area contributed by atoms with Gasteiger partial charge in [-0.3, -0.25) is 4.79 Å². The summed E-state index contributed by atoms with van der Waals surface area (Å²) in [5, 5.41) is 3.28. The highest BCUT2D eigenvalue weighted by molar-refractivity contribution is 7.15. The maximum atomic E-state index is 11.2. The number of halogens is 1. The lowest BCUT2D eigenvalue weighted by molar-refractivity contribution is -0.117. The first-order valence-electron chi connectivity index (χ1n) is 4.53. The van der Waals surface area contributed by atoms with Crippen molar-refractivity contribution >= 4 is 34.8 Å². The highest BCUT2D eigenvalue weighted by Gasteiger charge is 2.11. The summed E-state index contributed by atoms with van der Waals surface area (Å²) in [7, 11) is 0. The van der Waals surface area contributed by atoms with Gasteiger partial charge in [-0.15, -0.1) is 23.7 Å². The number of carbonyl (C=O) groups excluding carboxylic acids is 1. The van der Waals surface area contributed by atoms with Crippen LogP contribution in [0.2, 0.25) is 0 Å². The van der Waals surface area contributed by atoms with Crippen LogP contribution in [-0.4, -0.2) is 16.9 Å². The number of hydrogen-bond donors (Lipinski definition) is 2. The van der Waals surface area contributed by atoms with Gasteiger partial charge in [-0.1, -0.05) is 13.8 Å². The van der Waals surface area contributed by atoms with E-state index in [2.05, 4.69) is 24.1 Å². The first-order valence-corrected chi connectivity index (χ1v) is 5.34. The molecule has 86 valence electrons. The van der Waals surface area contributed by atoms with E-state index in [-0.39, 0.29) is 18.3 Å². The Kier molecular flexibility index (Phi) is 5.79.